The summed E-state index contributed by atoms with van der Waals surface area (Å²) >= 11 is 1.61. The normalized spacial score (nSPS) is 11.1. The van der Waals surface area contributed by atoms with Crippen molar-refractivity contribution in [2.24, 2.45) is 5.92 Å². The third kappa shape index (κ3) is 5.85. The Kier molecular flexibility index (Phi) is 8.12. The first-order chi connectivity index (χ1) is 12.5. The van der Waals surface area contributed by atoms with E-state index in [2.05, 4.69) is 33.9 Å². The fourth-order valence-corrected chi connectivity index (χ4v) is 3.20. The molecule has 7 heteroatoms. The molecule has 1 heterocycles. The van der Waals surface area contributed by atoms with Crippen LogP contribution in [-0.2, 0) is 24.3 Å². The average molecular weight is 377 g/mol. The van der Waals surface area contributed by atoms with Gasteiger partial charge in [0, 0.05) is 32.2 Å². The Morgan fingerprint density at radius 1 is 1.27 bits per heavy atom. The molecule has 0 unspecified atom stereocenters. The smallest absolute Gasteiger partial charge is 0.251 e. The zero-order chi connectivity index (χ0) is 18.9. The first-order valence-electron chi connectivity index (χ1n) is 8.87. The Labute approximate surface area is 159 Å². The van der Waals surface area contributed by atoms with Crippen molar-refractivity contribution in [1.29, 1.82) is 0 Å². The molecule has 6 nitrogen and oxygen atoms in total. The number of methoxy groups -OCH3 is 1. The summed E-state index contributed by atoms with van der Waals surface area (Å²) in [5.74, 6) is 1.47. The number of benzene rings is 1. The van der Waals surface area contributed by atoms with Crippen molar-refractivity contribution in [3.63, 3.8) is 0 Å². The van der Waals surface area contributed by atoms with Crippen molar-refractivity contribution >= 4 is 17.7 Å². The SMILES string of the molecule is COCc1ccc(C(=O)NCCCc2nnc(SC)n2CC(C)C)cc1. The molecule has 0 atom stereocenters. The molecule has 1 aromatic heterocycles. The molecule has 0 aliphatic carbocycles. The van der Waals surface area contributed by atoms with Crippen LogP contribution in [0.3, 0.4) is 0 Å². The van der Waals surface area contributed by atoms with Crippen molar-refractivity contribution in [2.45, 2.75) is 45.0 Å². The predicted octanol–water partition coefficient (Wildman–Crippen LogP) is 3.17. The van der Waals surface area contributed by atoms with Crippen LogP contribution in [0.1, 0.15) is 42.0 Å². The van der Waals surface area contributed by atoms with Gasteiger partial charge in [0.25, 0.3) is 5.91 Å². The summed E-state index contributed by atoms with van der Waals surface area (Å²) in [5.41, 5.74) is 1.72. The van der Waals surface area contributed by atoms with Crippen molar-refractivity contribution in [2.75, 3.05) is 19.9 Å². The van der Waals surface area contributed by atoms with E-state index in [1.165, 1.54) is 0 Å². The van der Waals surface area contributed by atoms with Gasteiger partial charge in [-0.05, 0) is 36.3 Å². The van der Waals surface area contributed by atoms with E-state index >= 15 is 0 Å². The molecule has 0 aliphatic heterocycles. The van der Waals surface area contributed by atoms with Gasteiger partial charge >= 0.3 is 0 Å². The maximum atomic E-state index is 12.2. The number of aryl methyl sites for hydroxylation is 1. The van der Waals surface area contributed by atoms with Gasteiger partial charge in [0.05, 0.1) is 6.61 Å². The lowest BCUT2D eigenvalue weighted by Gasteiger charge is -2.12. The van der Waals surface area contributed by atoms with Crippen LogP contribution in [0.2, 0.25) is 0 Å². The van der Waals surface area contributed by atoms with Crippen molar-refractivity contribution in [3.8, 4) is 0 Å². The van der Waals surface area contributed by atoms with Gasteiger partial charge in [0.1, 0.15) is 5.82 Å². The van der Waals surface area contributed by atoms with E-state index in [1.54, 1.807) is 18.9 Å². The fourth-order valence-electron chi connectivity index (χ4n) is 2.67. The average Bonchev–Trinajstić information content (AvgIpc) is 3.00. The summed E-state index contributed by atoms with van der Waals surface area (Å²) in [6, 6.07) is 7.48. The number of amides is 1. The zero-order valence-electron chi connectivity index (χ0n) is 16.0. The number of ether oxygens (including phenoxy) is 1. The summed E-state index contributed by atoms with van der Waals surface area (Å²) in [5, 5.41) is 12.5. The highest BCUT2D eigenvalue weighted by Crippen LogP contribution is 2.16. The molecule has 1 amide bonds. The number of nitrogens with one attached hydrogen (secondary N) is 1. The monoisotopic (exact) mass is 376 g/mol. The quantitative estimate of drug-likeness (QED) is 0.509. The minimum Gasteiger partial charge on any atom is -0.380 e. The molecule has 1 aromatic carbocycles. The molecule has 0 saturated carbocycles. The number of hydrogen-bond donors (Lipinski definition) is 1. The number of hydrogen-bond acceptors (Lipinski definition) is 5. The van der Waals surface area contributed by atoms with Crippen molar-refractivity contribution in [3.05, 3.63) is 41.2 Å². The van der Waals surface area contributed by atoms with Crippen LogP contribution in [0.15, 0.2) is 29.4 Å². The van der Waals surface area contributed by atoms with Crippen LogP contribution in [0.4, 0.5) is 0 Å². The van der Waals surface area contributed by atoms with Gasteiger partial charge in [0.2, 0.25) is 0 Å². The highest BCUT2D eigenvalue weighted by atomic mass is 32.2. The first kappa shape index (κ1) is 20.5. The highest BCUT2D eigenvalue weighted by molar-refractivity contribution is 7.98. The largest absolute Gasteiger partial charge is 0.380 e. The third-order valence-corrected chi connectivity index (χ3v) is 4.58. The van der Waals surface area contributed by atoms with Gasteiger partial charge in [0.15, 0.2) is 5.16 Å². The number of rotatable bonds is 10. The van der Waals surface area contributed by atoms with E-state index in [9.17, 15) is 4.79 Å². The number of thioether (sulfide) groups is 1. The Bertz CT molecular complexity index is 698. The molecule has 0 spiro atoms. The molecule has 2 rings (SSSR count). The topological polar surface area (TPSA) is 69.0 Å². The summed E-state index contributed by atoms with van der Waals surface area (Å²) in [6.07, 6.45) is 3.65. The number of carbonyl (C=O) groups excluding carboxylic acids is 1. The molecule has 0 fully saturated rings. The predicted molar refractivity (Wildman–Crippen MR) is 104 cm³/mol. The molecule has 2 aromatic rings. The van der Waals surface area contributed by atoms with Crippen LogP contribution in [0, 0.1) is 5.92 Å². The van der Waals surface area contributed by atoms with Crippen molar-refractivity contribution < 1.29 is 9.53 Å². The highest BCUT2D eigenvalue weighted by Gasteiger charge is 2.12. The minimum atomic E-state index is -0.0533. The van der Waals surface area contributed by atoms with Crippen molar-refractivity contribution in [1.82, 2.24) is 20.1 Å². The van der Waals surface area contributed by atoms with Crippen LogP contribution in [0.5, 0.6) is 0 Å². The molecule has 142 valence electrons. The Hall–Kier alpha value is -1.86. The summed E-state index contributed by atoms with van der Waals surface area (Å²) < 4.78 is 7.26. The van der Waals surface area contributed by atoms with E-state index < -0.39 is 0 Å². The Balaban J connectivity index is 1.83. The first-order valence-corrected chi connectivity index (χ1v) is 10.1. The second-order valence-electron chi connectivity index (χ2n) is 6.60. The molecule has 0 aliphatic rings. The lowest BCUT2D eigenvalue weighted by molar-refractivity contribution is 0.0953. The van der Waals surface area contributed by atoms with E-state index in [1.807, 2.05) is 30.5 Å². The second kappa shape index (κ2) is 10.3. The van der Waals surface area contributed by atoms with E-state index in [0.29, 0.717) is 24.6 Å². The Morgan fingerprint density at radius 2 is 2.00 bits per heavy atom. The van der Waals surface area contributed by atoms with Gasteiger partial charge in [-0.25, -0.2) is 0 Å². The molecule has 0 saturated heterocycles. The van der Waals surface area contributed by atoms with Gasteiger partial charge < -0.3 is 14.6 Å². The van der Waals surface area contributed by atoms with Gasteiger partial charge in [-0.15, -0.1) is 10.2 Å². The molecule has 26 heavy (non-hydrogen) atoms. The zero-order valence-corrected chi connectivity index (χ0v) is 16.8. The Morgan fingerprint density at radius 3 is 2.62 bits per heavy atom. The number of nitrogens with zero attached hydrogens (tertiary/aromatic N) is 3. The fraction of sp³-hybridized carbons (Fsp3) is 0.526. The standard InChI is InChI=1S/C19H28N4O2S/c1-14(2)12-23-17(21-22-19(23)26-4)6-5-11-20-18(24)16-9-7-15(8-10-16)13-25-3/h7-10,14H,5-6,11-13H2,1-4H3,(H,20,24). The van der Waals surface area contributed by atoms with E-state index in [-0.39, 0.29) is 5.91 Å². The maximum Gasteiger partial charge on any atom is 0.251 e. The van der Waals surface area contributed by atoms with Crippen LogP contribution < -0.4 is 5.32 Å². The van der Waals surface area contributed by atoms with E-state index in [4.69, 9.17) is 4.74 Å². The van der Waals surface area contributed by atoms with Crippen LogP contribution in [0.25, 0.3) is 0 Å². The summed E-state index contributed by atoms with van der Waals surface area (Å²) in [7, 11) is 1.66. The van der Waals surface area contributed by atoms with Crippen LogP contribution >= 0.6 is 11.8 Å². The molecular formula is C19H28N4O2S. The third-order valence-electron chi connectivity index (χ3n) is 3.91. The maximum absolute atomic E-state index is 12.2. The molecule has 1 N–H and O–H groups in total. The lowest BCUT2D eigenvalue weighted by Crippen LogP contribution is -2.25. The van der Waals surface area contributed by atoms with Gasteiger partial charge in [-0.3, -0.25) is 4.79 Å². The molecule has 0 radical (unpaired) electrons. The molecular weight excluding hydrogens is 348 g/mol. The van der Waals surface area contributed by atoms with E-state index in [0.717, 1.165) is 35.9 Å². The number of aromatic nitrogens is 3. The second-order valence-corrected chi connectivity index (χ2v) is 7.37. The molecule has 0 bridgehead atoms. The van der Waals surface area contributed by atoms with Gasteiger partial charge in [-0.1, -0.05) is 37.7 Å². The summed E-state index contributed by atoms with van der Waals surface area (Å²) in [4.78, 5) is 12.2. The summed E-state index contributed by atoms with van der Waals surface area (Å²) in [6.45, 7) is 6.45. The number of carbonyl (C=O) groups is 1. The van der Waals surface area contributed by atoms with Crippen LogP contribution in [-0.4, -0.2) is 40.6 Å². The van der Waals surface area contributed by atoms with Gasteiger partial charge in [-0.2, -0.15) is 0 Å². The minimum absolute atomic E-state index is 0.0533. The lowest BCUT2D eigenvalue weighted by atomic mass is 10.1.